The standard InChI is InChI=1S/C13H21N5O2/c1-17-5-2-3-13(9-19)4-6-18(8-11(13)17)12(20)10-7-14-16-15-10/h7,11,19H,2-6,8-9H2,1H3,(H,14,15,16)/t11-,13-/m1/s1. The molecule has 7 nitrogen and oxygen atoms in total. The van der Waals surface area contributed by atoms with Crippen molar-refractivity contribution < 1.29 is 9.90 Å². The summed E-state index contributed by atoms with van der Waals surface area (Å²) >= 11 is 0. The van der Waals surface area contributed by atoms with Crippen LogP contribution in [0.4, 0.5) is 0 Å². The van der Waals surface area contributed by atoms with E-state index in [2.05, 4.69) is 27.4 Å². The van der Waals surface area contributed by atoms with Crippen LogP contribution >= 0.6 is 0 Å². The Morgan fingerprint density at radius 2 is 2.40 bits per heavy atom. The Kier molecular flexibility index (Phi) is 3.47. The van der Waals surface area contributed by atoms with E-state index < -0.39 is 0 Å². The Morgan fingerprint density at radius 1 is 1.55 bits per heavy atom. The van der Waals surface area contributed by atoms with E-state index in [4.69, 9.17) is 0 Å². The zero-order valence-corrected chi connectivity index (χ0v) is 11.7. The molecule has 2 aliphatic heterocycles. The molecule has 20 heavy (non-hydrogen) atoms. The number of rotatable bonds is 2. The number of fused-ring (bicyclic) bond motifs is 1. The molecule has 2 saturated heterocycles. The minimum Gasteiger partial charge on any atom is -0.396 e. The molecular formula is C13H21N5O2. The number of nitrogens with zero attached hydrogens (tertiary/aromatic N) is 4. The first-order valence-electron chi connectivity index (χ1n) is 7.12. The fourth-order valence-corrected chi connectivity index (χ4v) is 3.67. The summed E-state index contributed by atoms with van der Waals surface area (Å²) in [5.41, 5.74) is 0.313. The maximum absolute atomic E-state index is 12.4. The largest absolute Gasteiger partial charge is 0.396 e. The summed E-state index contributed by atoms with van der Waals surface area (Å²) in [5, 5.41) is 19.9. The first kappa shape index (κ1) is 13.5. The Labute approximate surface area is 117 Å². The second-order valence-electron chi connectivity index (χ2n) is 5.98. The molecule has 3 heterocycles. The number of nitrogens with one attached hydrogen (secondary N) is 1. The highest BCUT2D eigenvalue weighted by Crippen LogP contribution is 2.41. The highest BCUT2D eigenvalue weighted by atomic mass is 16.3. The number of H-pyrrole nitrogens is 1. The van der Waals surface area contributed by atoms with Gasteiger partial charge in [-0.15, -0.1) is 0 Å². The van der Waals surface area contributed by atoms with Gasteiger partial charge in [-0.05, 0) is 32.9 Å². The number of piperidine rings is 2. The second-order valence-corrected chi connectivity index (χ2v) is 5.98. The second kappa shape index (κ2) is 5.14. The highest BCUT2D eigenvalue weighted by molar-refractivity contribution is 5.92. The minimum atomic E-state index is -0.0794. The fraction of sp³-hybridized carbons (Fsp3) is 0.769. The van der Waals surface area contributed by atoms with Crippen LogP contribution in [0.3, 0.4) is 0 Å². The molecule has 0 radical (unpaired) electrons. The predicted octanol–water partition coefficient (Wildman–Crippen LogP) is -0.276. The number of aromatic amines is 1. The van der Waals surface area contributed by atoms with Crippen LogP contribution in [0.2, 0.25) is 0 Å². The summed E-state index contributed by atoms with van der Waals surface area (Å²) in [6.07, 6.45) is 4.47. The summed E-state index contributed by atoms with van der Waals surface area (Å²) in [6, 6.07) is 0.228. The Bertz CT molecular complexity index is 477. The maximum atomic E-state index is 12.4. The molecule has 1 amide bonds. The van der Waals surface area contributed by atoms with Gasteiger partial charge in [-0.2, -0.15) is 15.4 Å². The van der Waals surface area contributed by atoms with E-state index in [-0.39, 0.29) is 24.0 Å². The van der Waals surface area contributed by atoms with Crippen LogP contribution in [0, 0.1) is 5.41 Å². The van der Waals surface area contributed by atoms with Gasteiger partial charge in [-0.25, -0.2) is 0 Å². The van der Waals surface area contributed by atoms with Crippen LogP contribution in [-0.2, 0) is 0 Å². The van der Waals surface area contributed by atoms with Gasteiger partial charge in [0.2, 0.25) is 0 Å². The highest BCUT2D eigenvalue weighted by Gasteiger charge is 2.47. The molecule has 3 rings (SSSR count). The summed E-state index contributed by atoms with van der Waals surface area (Å²) < 4.78 is 0. The van der Waals surface area contributed by atoms with Crippen molar-refractivity contribution in [2.45, 2.75) is 25.3 Å². The molecule has 110 valence electrons. The first-order valence-corrected chi connectivity index (χ1v) is 7.12. The maximum Gasteiger partial charge on any atom is 0.276 e. The smallest absolute Gasteiger partial charge is 0.276 e. The van der Waals surface area contributed by atoms with Crippen molar-refractivity contribution in [1.82, 2.24) is 25.2 Å². The number of likely N-dealkylation sites (tertiary alicyclic amines) is 2. The number of hydrogen-bond donors (Lipinski definition) is 2. The molecule has 2 aliphatic rings. The van der Waals surface area contributed by atoms with Gasteiger partial charge in [-0.1, -0.05) is 0 Å². The molecule has 2 fully saturated rings. The normalized spacial score (nSPS) is 31.1. The van der Waals surface area contributed by atoms with E-state index in [1.807, 2.05) is 4.90 Å². The number of carbonyl (C=O) groups excluding carboxylic acids is 1. The number of carbonyl (C=O) groups is 1. The zero-order chi connectivity index (χ0) is 14.2. The number of aliphatic hydroxyl groups is 1. The van der Waals surface area contributed by atoms with Crippen LogP contribution in [0.15, 0.2) is 6.20 Å². The Hall–Kier alpha value is -1.47. The van der Waals surface area contributed by atoms with E-state index in [1.54, 1.807) is 0 Å². The Morgan fingerprint density at radius 3 is 3.10 bits per heavy atom. The van der Waals surface area contributed by atoms with Crippen molar-refractivity contribution >= 4 is 5.91 Å². The van der Waals surface area contributed by atoms with E-state index in [0.29, 0.717) is 18.8 Å². The van der Waals surface area contributed by atoms with Gasteiger partial charge in [0, 0.05) is 24.5 Å². The summed E-state index contributed by atoms with van der Waals surface area (Å²) in [4.78, 5) is 16.5. The molecule has 0 saturated carbocycles. The van der Waals surface area contributed by atoms with Gasteiger partial charge in [0.25, 0.3) is 5.91 Å². The number of aromatic nitrogens is 3. The first-order chi connectivity index (χ1) is 9.66. The molecule has 0 spiro atoms. The average Bonchev–Trinajstić information content (AvgIpc) is 3.01. The molecule has 1 aromatic rings. The lowest BCUT2D eigenvalue weighted by atomic mass is 9.69. The third-order valence-electron chi connectivity index (χ3n) is 4.93. The van der Waals surface area contributed by atoms with E-state index in [1.165, 1.54) is 6.20 Å². The molecular weight excluding hydrogens is 258 g/mol. The zero-order valence-electron chi connectivity index (χ0n) is 11.7. The van der Waals surface area contributed by atoms with Crippen molar-refractivity contribution in [2.24, 2.45) is 5.41 Å². The number of likely N-dealkylation sites (N-methyl/N-ethyl adjacent to an activating group) is 1. The molecule has 2 N–H and O–H groups in total. The van der Waals surface area contributed by atoms with Crippen molar-refractivity contribution in [3.63, 3.8) is 0 Å². The Balaban J connectivity index is 1.78. The third-order valence-corrected chi connectivity index (χ3v) is 4.93. The van der Waals surface area contributed by atoms with Crippen LogP contribution in [-0.4, -0.2) is 75.6 Å². The van der Waals surface area contributed by atoms with Crippen molar-refractivity contribution in [3.8, 4) is 0 Å². The van der Waals surface area contributed by atoms with Gasteiger partial charge in [0.1, 0.15) is 0 Å². The van der Waals surface area contributed by atoms with Gasteiger partial charge >= 0.3 is 0 Å². The van der Waals surface area contributed by atoms with Crippen LogP contribution in [0.5, 0.6) is 0 Å². The number of aliphatic hydroxyl groups excluding tert-OH is 1. The lowest BCUT2D eigenvalue weighted by Gasteiger charge is -2.53. The summed E-state index contributed by atoms with van der Waals surface area (Å²) in [6.45, 7) is 2.56. The molecule has 7 heteroatoms. The minimum absolute atomic E-state index is 0.0480. The van der Waals surface area contributed by atoms with Gasteiger partial charge in [0.15, 0.2) is 5.69 Å². The van der Waals surface area contributed by atoms with Gasteiger partial charge in [-0.3, -0.25) is 4.79 Å². The molecule has 0 unspecified atom stereocenters. The SMILES string of the molecule is CN1CCC[C@]2(CO)CCN(C(=O)c3cn[nH]n3)C[C@@H]12. The van der Waals surface area contributed by atoms with Crippen molar-refractivity contribution in [1.29, 1.82) is 0 Å². The van der Waals surface area contributed by atoms with Crippen LogP contribution < -0.4 is 0 Å². The lowest BCUT2D eigenvalue weighted by molar-refractivity contribution is -0.0602. The van der Waals surface area contributed by atoms with E-state index >= 15 is 0 Å². The van der Waals surface area contributed by atoms with E-state index in [0.717, 1.165) is 25.8 Å². The van der Waals surface area contributed by atoms with E-state index in [9.17, 15) is 9.90 Å². The average molecular weight is 279 g/mol. The van der Waals surface area contributed by atoms with Crippen molar-refractivity contribution in [3.05, 3.63) is 11.9 Å². The monoisotopic (exact) mass is 279 g/mol. The quantitative estimate of drug-likeness (QED) is 0.778. The summed E-state index contributed by atoms with van der Waals surface area (Å²) in [7, 11) is 2.08. The van der Waals surface area contributed by atoms with Crippen LogP contribution in [0.25, 0.3) is 0 Å². The summed E-state index contributed by atoms with van der Waals surface area (Å²) in [5.74, 6) is -0.0794. The molecule has 2 atom stereocenters. The molecule has 0 aromatic carbocycles. The number of hydrogen-bond acceptors (Lipinski definition) is 5. The fourth-order valence-electron chi connectivity index (χ4n) is 3.67. The lowest BCUT2D eigenvalue weighted by Crippen LogP contribution is -2.62. The molecule has 0 bridgehead atoms. The van der Waals surface area contributed by atoms with Gasteiger partial charge < -0.3 is 14.9 Å². The van der Waals surface area contributed by atoms with Crippen LogP contribution in [0.1, 0.15) is 29.8 Å². The molecule has 1 aromatic heterocycles. The third kappa shape index (κ3) is 2.10. The van der Waals surface area contributed by atoms with Gasteiger partial charge in [0.05, 0.1) is 12.8 Å². The predicted molar refractivity (Wildman–Crippen MR) is 72.1 cm³/mol. The number of amides is 1. The van der Waals surface area contributed by atoms with Crippen molar-refractivity contribution in [2.75, 3.05) is 33.3 Å². The molecule has 0 aliphatic carbocycles. The topological polar surface area (TPSA) is 85.4 Å².